The highest BCUT2D eigenvalue weighted by Crippen LogP contribution is 2.34. The molecule has 24 heavy (non-hydrogen) atoms. The normalized spacial score (nSPS) is 11.5. The van der Waals surface area contributed by atoms with Crippen molar-refractivity contribution in [1.29, 1.82) is 0 Å². The summed E-state index contributed by atoms with van der Waals surface area (Å²) in [4.78, 5) is 0.282. The Hall–Kier alpha value is -1.98. The zero-order valence-corrected chi connectivity index (χ0v) is 15.2. The van der Waals surface area contributed by atoms with Gasteiger partial charge in [-0.05, 0) is 58.7 Å². The highest BCUT2D eigenvalue weighted by molar-refractivity contribution is 9.10. The summed E-state index contributed by atoms with van der Waals surface area (Å²) in [6, 6.07) is 18.9. The van der Waals surface area contributed by atoms with E-state index < -0.39 is 9.84 Å². The molecular formula is C19H14BrFO2S. The van der Waals surface area contributed by atoms with E-state index in [9.17, 15) is 12.8 Å². The van der Waals surface area contributed by atoms with Crippen molar-refractivity contribution in [3.05, 3.63) is 77.0 Å². The van der Waals surface area contributed by atoms with E-state index >= 15 is 0 Å². The Morgan fingerprint density at radius 1 is 0.792 bits per heavy atom. The van der Waals surface area contributed by atoms with Crippen LogP contribution in [0.25, 0.3) is 22.3 Å². The lowest BCUT2D eigenvalue weighted by atomic mass is 9.95. The highest BCUT2D eigenvalue weighted by Gasteiger charge is 2.11. The average molecular weight is 405 g/mol. The summed E-state index contributed by atoms with van der Waals surface area (Å²) in [5, 5.41) is 0. The first-order valence-electron chi connectivity index (χ1n) is 7.20. The van der Waals surface area contributed by atoms with Crippen LogP contribution in [0.3, 0.4) is 0 Å². The van der Waals surface area contributed by atoms with E-state index in [-0.39, 0.29) is 10.7 Å². The maximum atomic E-state index is 13.2. The van der Waals surface area contributed by atoms with E-state index in [0.29, 0.717) is 0 Å². The Bertz CT molecular complexity index is 979. The van der Waals surface area contributed by atoms with Crippen LogP contribution in [0.4, 0.5) is 4.39 Å². The fraction of sp³-hybridized carbons (Fsp3) is 0.0526. The number of halogens is 2. The van der Waals surface area contributed by atoms with Crippen molar-refractivity contribution in [3.8, 4) is 22.3 Å². The van der Waals surface area contributed by atoms with Crippen LogP contribution in [-0.2, 0) is 9.84 Å². The van der Waals surface area contributed by atoms with Crippen molar-refractivity contribution in [2.24, 2.45) is 0 Å². The molecular weight excluding hydrogens is 391 g/mol. The number of sulfone groups is 1. The third-order valence-electron chi connectivity index (χ3n) is 3.73. The first-order valence-corrected chi connectivity index (χ1v) is 9.89. The molecule has 0 aromatic heterocycles. The van der Waals surface area contributed by atoms with Crippen LogP contribution < -0.4 is 0 Å². The second kappa shape index (κ2) is 6.49. The molecule has 3 rings (SSSR count). The minimum Gasteiger partial charge on any atom is -0.224 e. The molecule has 0 amide bonds. The summed E-state index contributed by atoms with van der Waals surface area (Å²) in [6.45, 7) is 0. The molecule has 3 aromatic rings. The SMILES string of the molecule is CS(=O)(=O)c1ccc(-c2cc(Br)ccc2-c2ccc(F)cc2)cc1. The quantitative estimate of drug-likeness (QED) is 0.591. The van der Waals surface area contributed by atoms with E-state index in [1.54, 1.807) is 36.4 Å². The van der Waals surface area contributed by atoms with Gasteiger partial charge in [0.15, 0.2) is 9.84 Å². The van der Waals surface area contributed by atoms with Crippen LogP contribution in [-0.4, -0.2) is 14.7 Å². The van der Waals surface area contributed by atoms with Crippen LogP contribution in [0, 0.1) is 5.82 Å². The Kier molecular flexibility index (Phi) is 4.56. The molecule has 0 saturated carbocycles. The van der Waals surface area contributed by atoms with Gasteiger partial charge in [-0.1, -0.05) is 46.3 Å². The van der Waals surface area contributed by atoms with Gasteiger partial charge in [0.1, 0.15) is 5.82 Å². The van der Waals surface area contributed by atoms with Gasteiger partial charge in [0.05, 0.1) is 4.90 Å². The van der Waals surface area contributed by atoms with E-state index in [0.717, 1.165) is 26.7 Å². The summed E-state index contributed by atoms with van der Waals surface area (Å²) < 4.78 is 37.3. The zero-order chi connectivity index (χ0) is 17.3. The van der Waals surface area contributed by atoms with Crippen LogP contribution >= 0.6 is 15.9 Å². The molecule has 3 aromatic carbocycles. The van der Waals surface area contributed by atoms with Gasteiger partial charge >= 0.3 is 0 Å². The smallest absolute Gasteiger partial charge is 0.175 e. The molecule has 0 spiro atoms. The van der Waals surface area contributed by atoms with Gasteiger partial charge in [0.2, 0.25) is 0 Å². The molecule has 0 fully saturated rings. The maximum Gasteiger partial charge on any atom is 0.175 e. The standard InChI is InChI=1S/C19H14BrFO2S/c1-24(22,23)17-9-4-14(5-10-17)19-12-15(20)6-11-18(19)13-2-7-16(21)8-3-13/h2-12H,1H3. The molecule has 0 aliphatic heterocycles. The van der Waals surface area contributed by atoms with E-state index in [1.165, 1.54) is 18.4 Å². The monoisotopic (exact) mass is 404 g/mol. The van der Waals surface area contributed by atoms with E-state index in [1.807, 2.05) is 18.2 Å². The highest BCUT2D eigenvalue weighted by atomic mass is 79.9. The first-order chi connectivity index (χ1) is 11.3. The average Bonchev–Trinajstić information content (AvgIpc) is 2.55. The fourth-order valence-corrected chi connectivity index (χ4v) is 3.51. The number of hydrogen-bond donors (Lipinski definition) is 0. The van der Waals surface area contributed by atoms with E-state index in [4.69, 9.17) is 0 Å². The van der Waals surface area contributed by atoms with Gasteiger partial charge in [0.25, 0.3) is 0 Å². The second-order valence-corrected chi connectivity index (χ2v) is 8.42. The molecule has 0 atom stereocenters. The molecule has 0 aliphatic carbocycles. The van der Waals surface area contributed by atoms with Crippen molar-refractivity contribution in [2.75, 3.05) is 6.26 Å². The minimum atomic E-state index is -3.23. The lowest BCUT2D eigenvalue weighted by Crippen LogP contribution is -1.96. The minimum absolute atomic E-state index is 0.282. The van der Waals surface area contributed by atoms with Gasteiger partial charge < -0.3 is 0 Å². The molecule has 0 bridgehead atoms. The Morgan fingerprint density at radius 2 is 1.33 bits per heavy atom. The molecule has 0 heterocycles. The topological polar surface area (TPSA) is 34.1 Å². The molecule has 0 saturated heterocycles. The van der Waals surface area contributed by atoms with Gasteiger partial charge in [-0.2, -0.15) is 0 Å². The van der Waals surface area contributed by atoms with Crippen molar-refractivity contribution < 1.29 is 12.8 Å². The Morgan fingerprint density at radius 3 is 1.92 bits per heavy atom. The Labute approximate surface area is 149 Å². The third kappa shape index (κ3) is 3.57. The van der Waals surface area contributed by atoms with Crippen molar-refractivity contribution in [2.45, 2.75) is 4.90 Å². The third-order valence-corrected chi connectivity index (χ3v) is 5.35. The van der Waals surface area contributed by atoms with Gasteiger partial charge in [0, 0.05) is 10.7 Å². The van der Waals surface area contributed by atoms with Gasteiger partial charge in [-0.3, -0.25) is 0 Å². The molecule has 5 heteroatoms. The molecule has 122 valence electrons. The summed E-state index contributed by atoms with van der Waals surface area (Å²) in [7, 11) is -3.23. The summed E-state index contributed by atoms with van der Waals surface area (Å²) >= 11 is 3.47. The predicted molar refractivity (Wildman–Crippen MR) is 98.1 cm³/mol. The van der Waals surface area contributed by atoms with Gasteiger partial charge in [-0.25, -0.2) is 12.8 Å². The Balaban J connectivity index is 2.13. The van der Waals surface area contributed by atoms with Crippen LogP contribution in [0.1, 0.15) is 0 Å². The second-order valence-electron chi connectivity index (χ2n) is 5.49. The van der Waals surface area contributed by atoms with Crippen LogP contribution in [0.2, 0.25) is 0 Å². The fourth-order valence-electron chi connectivity index (χ4n) is 2.52. The predicted octanol–water partition coefficient (Wildman–Crippen LogP) is 5.33. The number of benzene rings is 3. The molecule has 0 radical (unpaired) electrons. The van der Waals surface area contributed by atoms with Crippen molar-refractivity contribution >= 4 is 25.8 Å². The lowest BCUT2D eigenvalue weighted by molar-refractivity contribution is 0.602. The lowest BCUT2D eigenvalue weighted by Gasteiger charge is -2.12. The number of rotatable bonds is 3. The van der Waals surface area contributed by atoms with Crippen LogP contribution in [0.15, 0.2) is 76.1 Å². The summed E-state index contributed by atoms with van der Waals surface area (Å²) in [5.74, 6) is -0.282. The molecule has 0 aliphatic rings. The first kappa shape index (κ1) is 16.9. The van der Waals surface area contributed by atoms with E-state index in [2.05, 4.69) is 15.9 Å². The molecule has 0 N–H and O–H groups in total. The van der Waals surface area contributed by atoms with Gasteiger partial charge in [-0.15, -0.1) is 0 Å². The molecule has 0 unspecified atom stereocenters. The van der Waals surface area contributed by atoms with Crippen LogP contribution in [0.5, 0.6) is 0 Å². The van der Waals surface area contributed by atoms with Crippen molar-refractivity contribution in [3.63, 3.8) is 0 Å². The summed E-state index contributed by atoms with van der Waals surface area (Å²) in [5.41, 5.74) is 3.68. The maximum absolute atomic E-state index is 13.2. The largest absolute Gasteiger partial charge is 0.224 e. The van der Waals surface area contributed by atoms with Crippen molar-refractivity contribution in [1.82, 2.24) is 0 Å². The zero-order valence-electron chi connectivity index (χ0n) is 12.8. The molecule has 2 nitrogen and oxygen atoms in total. The number of hydrogen-bond acceptors (Lipinski definition) is 2. The summed E-state index contributed by atoms with van der Waals surface area (Å²) in [6.07, 6.45) is 1.19.